The smallest absolute Gasteiger partial charge is 0.303 e. The van der Waals surface area contributed by atoms with Gasteiger partial charge in [0, 0.05) is 45.2 Å². The van der Waals surface area contributed by atoms with E-state index in [0.29, 0.717) is 38.2 Å². The molecule has 4 amide bonds. The lowest BCUT2D eigenvalue weighted by atomic mass is 9.87. The number of nitrogens with zero attached hydrogens (tertiary/aromatic N) is 5. The number of carbonyl (C=O) groups excluding carboxylic acids is 4. The summed E-state index contributed by atoms with van der Waals surface area (Å²) < 4.78 is 18.4. The SMILES string of the molecule is CC[C@H](C)[C@@H]([C@@H](CC(=O)N1CCC[C@H]1[C@H](OC)[C@@H](C)C(=O)N[C@@H](Cc1ccccc1)c1nnc(-c2ccccc2)o1)OC)N(C)[C@H](C(=O)NC(=O)[C@H](C(C)C)N(C)CCCC(=O)O)C(C)C. The maximum Gasteiger partial charge on any atom is 0.303 e. The van der Waals surface area contributed by atoms with E-state index in [-0.39, 0.29) is 48.3 Å². The highest BCUT2D eigenvalue weighted by atomic mass is 16.5. The molecule has 3 N–H and O–H groups in total. The number of ether oxygens (including phenoxy) is 2. The zero-order chi connectivity index (χ0) is 48.7. The standard InChI is InChI=1S/C50H75N7O9/c1-12-33(6)44(56(9)43(32(4)5)48(63)52-47(62)42(31(2)3)55(8)27-20-26-41(59)60)39(64-10)30-40(58)57-28-19-25-38(57)45(65-11)34(7)46(61)51-37(29-35-21-15-13-16-22-35)50-54-53-49(66-50)36-23-17-14-18-24-36/h13-18,21-24,31-34,37-39,42-45H,12,19-20,25-30H2,1-11H3,(H,51,61)(H,59,60)(H,52,62,63)/t33-,34+,37-,38-,39+,42-,43-,44-,45+/m0/s1. The van der Waals surface area contributed by atoms with Gasteiger partial charge >= 0.3 is 5.97 Å². The zero-order valence-corrected chi connectivity index (χ0v) is 40.9. The molecule has 0 spiro atoms. The molecule has 16 nitrogen and oxygen atoms in total. The van der Waals surface area contributed by atoms with Crippen LogP contribution in [-0.2, 0) is 39.9 Å². The molecule has 16 heteroatoms. The van der Waals surface area contributed by atoms with Gasteiger partial charge in [-0.1, -0.05) is 103 Å². The lowest BCUT2D eigenvalue weighted by Crippen LogP contribution is -2.60. The second-order valence-electron chi connectivity index (χ2n) is 18.6. The Balaban J connectivity index is 1.51. The molecule has 1 fully saturated rings. The van der Waals surface area contributed by atoms with Crippen LogP contribution >= 0.6 is 0 Å². The fourth-order valence-electron chi connectivity index (χ4n) is 9.66. The van der Waals surface area contributed by atoms with Gasteiger partial charge in [-0.2, -0.15) is 0 Å². The van der Waals surface area contributed by atoms with Crippen LogP contribution in [0.25, 0.3) is 11.5 Å². The molecule has 66 heavy (non-hydrogen) atoms. The van der Waals surface area contributed by atoms with Crippen molar-refractivity contribution in [1.29, 1.82) is 0 Å². The molecule has 0 unspecified atom stereocenters. The summed E-state index contributed by atoms with van der Waals surface area (Å²) in [6, 6.07) is 16.4. The van der Waals surface area contributed by atoms with Gasteiger partial charge in [-0.15, -0.1) is 10.2 Å². The topological polar surface area (TPSA) is 197 Å². The van der Waals surface area contributed by atoms with Crippen molar-refractivity contribution >= 4 is 29.6 Å². The van der Waals surface area contributed by atoms with Gasteiger partial charge in [-0.3, -0.25) is 39.1 Å². The molecule has 1 aliphatic rings. The fourth-order valence-corrected chi connectivity index (χ4v) is 9.66. The van der Waals surface area contributed by atoms with E-state index in [0.717, 1.165) is 24.0 Å². The number of likely N-dealkylation sites (N-methyl/N-ethyl adjacent to an activating group) is 2. The Bertz CT molecular complexity index is 2000. The Kier molecular flexibility index (Phi) is 20.9. The molecule has 2 aromatic carbocycles. The van der Waals surface area contributed by atoms with Gasteiger partial charge in [-0.05, 0) is 75.4 Å². The van der Waals surface area contributed by atoms with Crippen LogP contribution in [0.2, 0.25) is 0 Å². The molecule has 4 rings (SSSR count). The summed E-state index contributed by atoms with van der Waals surface area (Å²) in [6.45, 7) is 14.4. The Morgan fingerprint density at radius 2 is 1.48 bits per heavy atom. The summed E-state index contributed by atoms with van der Waals surface area (Å²) in [7, 11) is 6.75. The Labute approximate surface area is 391 Å². The van der Waals surface area contributed by atoms with Gasteiger partial charge in [-0.25, -0.2) is 0 Å². The van der Waals surface area contributed by atoms with Gasteiger partial charge in [0.05, 0.1) is 42.7 Å². The van der Waals surface area contributed by atoms with Crippen molar-refractivity contribution < 1.29 is 43.0 Å². The van der Waals surface area contributed by atoms with Gasteiger partial charge < -0.3 is 29.2 Å². The van der Waals surface area contributed by atoms with Crippen molar-refractivity contribution in [2.24, 2.45) is 23.7 Å². The quantitative estimate of drug-likeness (QED) is 0.0847. The Morgan fingerprint density at radius 1 is 0.864 bits per heavy atom. The van der Waals surface area contributed by atoms with E-state index < -0.39 is 66.1 Å². The summed E-state index contributed by atoms with van der Waals surface area (Å²) in [4.78, 5) is 73.4. The van der Waals surface area contributed by atoms with Crippen LogP contribution in [0.15, 0.2) is 65.1 Å². The van der Waals surface area contributed by atoms with E-state index >= 15 is 0 Å². The summed E-state index contributed by atoms with van der Waals surface area (Å²) in [6.07, 6.45) is 1.62. The number of rotatable bonds is 26. The van der Waals surface area contributed by atoms with Gasteiger partial charge in [0.1, 0.15) is 6.04 Å². The normalized spacial score (nSPS) is 17.9. The number of hydrogen-bond acceptors (Lipinski definition) is 12. The highest BCUT2D eigenvalue weighted by Crippen LogP contribution is 2.31. The number of aromatic nitrogens is 2. The lowest BCUT2D eigenvalue weighted by Gasteiger charge is -2.43. The van der Waals surface area contributed by atoms with Gasteiger partial charge in [0.15, 0.2) is 0 Å². The number of aliphatic carboxylic acids is 1. The van der Waals surface area contributed by atoms with E-state index in [1.165, 1.54) is 0 Å². The van der Waals surface area contributed by atoms with Crippen molar-refractivity contribution in [3.05, 3.63) is 72.1 Å². The van der Waals surface area contributed by atoms with Crippen LogP contribution in [0.1, 0.15) is 104 Å². The minimum atomic E-state index is -0.905. The minimum absolute atomic E-state index is 0.0162. The van der Waals surface area contributed by atoms with E-state index in [4.69, 9.17) is 19.0 Å². The van der Waals surface area contributed by atoms with Crippen molar-refractivity contribution in [2.75, 3.05) is 41.4 Å². The number of methoxy groups -OCH3 is 2. The summed E-state index contributed by atoms with van der Waals surface area (Å²) >= 11 is 0. The maximum absolute atomic E-state index is 14.5. The number of imide groups is 1. The molecule has 2 heterocycles. The fraction of sp³-hybridized carbons (Fsp3) is 0.620. The maximum atomic E-state index is 14.5. The number of carbonyl (C=O) groups is 5. The number of nitrogens with one attached hydrogen (secondary N) is 2. The molecule has 1 aliphatic heterocycles. The molecule has 9 atom stereocenters. The van der Waals surface area contributed by atoms with E-state index in [1.54, 1.807) is 26.2 Å². The third-order valence-corrected chi connectivity index (χ3v) is 13.2. The molecule has 0 aliphatic carbocycles. The second-order valence-corrected chi connectivity index (χ2v) is 18.6. The average molecular weight is 918 g/mol. The number of hydrogen-bond donors (Lipinski definition) is 3. The first-order valence-electron chi connectivity index (χ1n) is 23.5. The number of benzene rings is 2. The largest absolute Gasteiger partial charge is 0.481 e. The number of likely N-dealkylation sites (tertiary alicyclic amines) is 1. The molecule has 364 valence electrons. The molecule has 1 saturated heterocycles. The summed E-state index contributed by atoms with van der Waals surface area (Å²) in [5.41, 5.74) is 1.74. The first-order valence-corrected chi connectivity index (χ1v) is 23.5. The molecule has 1 aromatic heterocycles. The van der Waals surface area contributed by atoms with E-state index in [2.05, 4.69) is 34.7 Å². The lowest BCUT2D eigenvalue weighted by molar-refractivity contribution is -0.144. The predicted octanol–water partition coefficient (Wildman–Crippen LogP) is 6.02. The number of carboxylic acids is 1. The Morgan fingerprint density at radius 3 is 2.06 bits per heavy atom. The van der Waals surface area contributed by atoms with Gasteiger partial charge in [0.2, 0.25) is 35.4 Å². The first-order chi connectivity index (χ1) is 31.4. The first kappa shape index (κ1) is 53.6. The van der Waals surface area contributed by atoms with Crippen molar-refractivity contribution in [2.45, 2.75) is 136 Å². The van der Waals surface area contributed by atoms with Crippen LogP contribution in [0.3, 0.4) is 0 Å². The monoisotopic (exact) mass is 918 g/mol. The highest BCUT2D eigenvalue weighted by Gasteiger charge is 2.44. The number of amides is 4. The average Bonchev–Trinajstić information content (AvgIpc) is 3.98. The summed E-state index contributed by atoms with van der Waals surface area (Å²) in [5.74, 6) is -2.66. The summed E-state index contributed by atoms with van der Waals surface area (Å²) in [5, 5.41) is 23.6. The van der Waals surface area contributed by atoms with E-state index in [9.17, 15) is 24.0 Å². The van der Waals surface area contributed by atoms with Crippen molar-refractivity contribution in [3.8, 4) is 11.5 Å². The van der Waals surface area contributed by atoms with Crippen molar-refractivity contribution in [1.82, 2.24) is 35.5 Å². The third kappa shape index (κ3) is 14.2. The highest BCUT2D eigenvalue weighted by molar-refractivity contribution is 6.00. The van der Waals surface area contributed by atoms with Crippen LogP contribution in [0.4, 0.5) is 0 Å². The minimum Gasteiger partial charge on any atom is -0.481 e. The molecule has 0 saturated carbocycles. The molecular formula is C50H75N7O9. The second kappa shape index (κ2) is 25.8. The zero-order valence-electron chi connectivity index (χ0n) is 40.9. The van der Waals surface area contributed by atoms with Crippen LogP contribution < -0.4 is 10.6 Å². The molecular weight excluding hydrogens is 843 g/mol. The van der Waals surface area contributed by atoms with Gasteiger partial charge in [0.25, 0.3) is 0 Å². The van der Waals surface area contributed by atoms with Crippen LogP contribution in [0.5, 0.6) is 0 Å². The third-order valence-electron chi connectivity index (χ3n) is 13.2. The Hall–Kier alpha value is -5.03. The molecule has 0 radical (unpaired) electrons. The van der Waals surface area contributed by atoms with Crippen LogP contribution in [-0.4, -0.2) is 137 Å². The van der Waals surface area contributed by atoms with Crippen LogP contribution in [0, 0.1) is 23.7 Å². The molecule has 3 aromatic rings. The van der Waals surface area contributed by atoms with Crippen molar-refractivity contribution in [3.63, 3.8) is 0 Å². The number of carboxylic acid groups (broad SMARTS) is 1. The molecule has 0 bridgehead atoms. The van der Waals surface area contributed by atoms with E-state index in [1.807, 2.05) is 112 Å². The predicted molar refractivity (Wildman–Crippen MR) is 252 cm³/mol.